The Hall–Kier alpha value is -0.120. The van der Waals surface area contributed by atoms with Gasteiger partial charge in [-0.3, -0.25) is 4.90 Å². The van der Waals surface area contributed by atoms with Crippen molar-refractivity contribution in [3.05, 3.63) is 0 Å². The Labute approximate surface area is 132 Å². The molecule has 0 aliphatic carbocycles. The van der Waals surface area contributed by atoms with Gasteiger partial charge >= 0.3 is 0 Å². The second kappa shape index (κ2) is 7.94. The molecule has 1 aliphatic heterocycles. The first-order valence-electron chi connectivity index (χ1n) is 8.84. The second-order valence-corrected chi connectivity index (χ2v) is 8.08. The highest BCUT2D eigenvalue weighted by molar-refractivity contribution is 4.96. The van der Waals surface area contributed by atoms with Crippen molar-refractivity contribution in [3.63, 3.8) is 0 Å². The van der Waals surface area contributed by atoms with Crippen molar-refractivity contribution < 1.29 is 4.74 Å². The maximum atomic E-state index is 5.96. The van der Waals surface area contributed by atoms with Crippen LogP contribution in [0.15, 0.2) is 0 Å². The quantitative estimate of drug-likeness (QED) is 0.776. The highest BCUT2D eigenvalue weighted by Gasteiger charge is 2.36. The third-order valence-corrected chi connectivity index (χ3v) is 4.75. The molecule has 0 spiro atoms. The molecule has 1 atom stereocenters. The molecule has 3 nitrogen and oxygen atoms in total. The van der Waals surface area contributed by atoms with E-state index < -0.39 is 0 Å². The van der Waals surface area contributed by atoms with Crippen LogP contribution in [0.5, 0.6) is 0 Å². The maximum absolute atomic E-state index is 5.96. The van der Waals surface area contributed by atoms with E-state index in [9.17, 15) is 0 Å². The number of nitrogens with one attached hydrogen (secondary N) is 1. The summed E-state index contributed by atoms with van der Waals surface area (Å²) in [5.74, 6) is 0.749. The van der Waals surface area contributed by atoms with Gasteiger partial charge in [-0.1, -0.05) is 27.7 Å². The summed E-state index contributed by atoms with van der Waals surface area (Å²) in [6, 6.07) is 0.653. The standard InChI is InChI=1S/C18H38N2O/c1-8-18(9-2)14-20(10-11-21-17(5,6)7)16(13-19-18)12-15(3)4/h15-16,19H,8-14H2,1-7H3. The minimum Gasteiger partial charge on any atom is -0.375 e. The summed E-state index contributed by atoms with van der Waals surface area (Å²) < 4.78 is 5.96. The average molecular weight is 299 g/mol. The van der Waals surface area contributed by atoms with Crippen LogP contribution in [0.25, 0.3) is 0 Å². The lowest BCUT2D eigenvalue weighted by atomic mass is 9.87. The molecule has 3 heteroatoms. The largest absolute Gasteiger partial charge is 0.375 e. The minimum atomic E-state index is -0.0335. The van der Waals surface area contributed by atoms with Gasteiger partial charge in [0.15, 0.2) is 0 Å². The summed E-state index contributed by atoms with van der Waals surface area (Å²) in [6.07, 6.45) is 3.68. The Balaban J connectivity index is 2.64. The van der Waals surface area contributed by atoms with Gasteiger partial charge in [0, 0.05) is 31.2 Å². The Morgan fingerprint density at radius 2 is 1.86 bits per heavy atom. The molecule has 0 aromatic rings. The first-order valence-corrected chi connectivity index (χ1v) is 8.84. The van der Waals surface area contributed by atoms with Crippen LogP contribution in [-0.2, 0) is 4.74 Å². The topological polar surface area (TPSA) is 24.5 Å². The van der Waals surface area contributed by atoms with Crippen LogP contribution in [0.1, 0.15) is 67.7 Å². The number of hydrogen-bond donors (Lipinski definition) is 1. The molecule has 0 aromatic carbocycles. The van der Waals surface area contributed by atoms with E-state index in [1.54, 1.807) is 0 Å². The van der Waals surface area contributed by atoms with Crippen LogP contribution < -0.4 is 5.32 Å². The molecule has 1 saturated heterocycles. The molecule has 0 amide bonds. The first kappa shape index (κ1) is 18.9. The van der Waals surface area contributed by atoms with E-state index in [0.717, 1.165) is 32.2 Å². The molecule has 1 unspecified atom stereocenters. The molecule has 126 valence electrons. The summed E-state index contributed by atoms with van der Waals surface area (Å²) in [4.78, 5) is 2.68. The van der Waals surface area contributed by atoms with E-state index in [4.69, 9.17) is 4.74 Å². The van der Waals surface area contributed by atoms with Crippen molar-refractivity contribution in [2.45, 2.75) is 84.9 Å². The summed E-state index contributed by atoms with van der Waals surface area (Å²) in [7, 11) is 0. The number of hydrogen-bond acceptors (Lipinski definition) is 3. The van der Waals surface area contributed by atoms with Gasteiger partial charge in [0.1, 0.15) is 0 Å². The lowest BCUT2D eigenvalue weighted by Gasteiger charge is -2.48. The van der Waals surface area contributed by atoms with Crippen molar-refractivity contribution in [3.8, 4) is 0 Å². The Morgan fingerprint density at radius 3 is 2.33 bits per heavy atom. The van der Waals surface area contributed by atoms with Gasteiger partial charge < -0.3 is 10.1 Å². The average Bonchev–Trinajstić information content (AvgIpc) is 2.39. The smallest absolute Gasteiger partial charge is 0.0600 e. The Bertz CT molecular complexity index is 292. The monoisotopic (exact) mass is 298 g/mol. The van der Waals surface area contributed by atoms with Gasteiger partial charge in [-0.05, 0) is 46.0 Å². The van der Waals surface area contributed by atoms with Gasteiger partial charge in [0.05, 0.1) is 12.2 Å². The van der Waals surface area contributed by atoms with E-state index in [-0.39, 0.29) is 5.60 Å². The van der Waals surface area contributed by atoms with Crippen molar-refractivity contribution in [2.75, 3.05) is 26.2 Å². The first-order chi connectivity index (χ1) is 9.71. The Morgan fingerprint density at radius 1 is 1.24 bits per heavy atom. The summed E-state index contributed by atoms with van der Waals surface area (Å²) in [6.45, 7) is 19.8. The minimum absolute atomic E-state index is 0.0335. The van der Waals surface area contributed by atoms with E-state index in [0.29, 0.717) is 11.6 Å². The zero-order valence-corrected chi connectivity index (χ0v) is 15.5. The zero-order valence-electron chi connectivity index (χ0n) is 15.5. The van der Waals surface area contributed by atoms with E-state index in [1.165, 1.54) is 19.3 Å². The van der Waals surface area contributed by atoms with Crippen LogP contribution in [-0.4, -0.2) is 48.3 Å². The molecule has 1 heterocycles. The molecule has 1 aliphatic rings. The van der Waals surface area contributed by atoms with E-state index in [2.05, 4.69) is 58.7 Å². The molecular formula is C18H38N2O. The highest BCUT2D eigenvalue weighted by Crippen LogP contribution is 2.25. The van der Waals surface area contributed by atoms with Crippen LogP contribution in [0.2, 0.25) is 0 Å². The fourth-order valence-corrected chi connectivity index (χ4v) is 3.27. The molecule has 0 aromatic heterocycles. The lowest BCUT2D eigenvalue weighted by Crippen LogP contribution is -2.64. The molecule has 1 N–H and O–H groups in total. The number of ether oxygens (including phenoxy) is 1. The summed E-state index contributed by atoms with van der Waals surface area (Å²) in [5, 5.41) is 3.84. The normalized spacial score (nSPS) is 23.7. The van der Waals surface area contributed by atoms with E-state index >= 15 is 0 Å². The van der Waals surface area contributed by atoms with Crippen molar-refractivity contribution >= 4 is 0 Å². The Kier molecular flexibility index (Phi) is 7.15. The van der Waals surface area contributed by atoms with E-state index in [1.807, 2.05) is 0 Å². The molecule has 0 saturated carbocycles. The van der Waals surface area contributed by atoms with Gasteiger partial charge in [-0.15, -0.1) is 0 Å². The highest BCUT2D eigenvalue weighted by atomic mass is 16.5. The lowest BCUT2D eigenvalue weighted by molar-refractivity contribution is -0.0303. The number of piperazine rings is 1. The molecule has 0 radical (unpaired) electrons. The fraction of sp³-hybridized carbons (Fsp3) is 1.00. The fourth-order valence-electron chi connectivity index (χ4n) is 3.27. The molecule has 1 rings (SSSR count). The van der Waals surface area contributed by atoms with Crippen LogP contribution in [0.4, 0.5) is 0 Å². The van der Waals surface area contributed by atoms with Crippen molar-refractivity contribution in [2.24, 2.45) is 5.92 Å². The summed E-state index contributed by atoms with van der Waals surface area (Å²) >= 11 is 0. The molecule has 21 heavy (non-hydrogen) atoms. The predicted octanol–water partition coefficient (Wildman–Crippen LogP) is 3.68. The third kappa shape index (κ3) is 6.25. The SMILES string of the molecule is CCC1(CC)CN(CCOC(C)(C)C)C(CC(C)C)CN1. The van der Waals surface area contributed by atoms with Gasteiger partial charge in [0.25, 0.3) is 0 Å². The van der Waals surface area contributed by atoms with Crippen LogP contribution >= 0.6 is 0 Å². The van der Waals surface area contributed by atoms with Crippen molar-refractivity contribution in [1.82, 2.24) is 10.2 Å². The predicted molar refractivity (Wildman–Crippen MR) is 91.8 cm³/mol. The number of rotatable bonds is 7. The van der Waals surface area contributed by atoms with Gasteiger partial charge in [-0.25, -0.2) is 0 Å². The second-order valence-electron chi connectivity index (χ2n) is 8.08. The zero-order chi connectivity index (χ0) is 16.1. The molecule has 1 fully saturated rings. The van der Waals surface area contributed by atoms with Crippen molar-refractivity contribution in [1.29, 1.82) is 0 Å². The van der Waals surface area contributed by atoms with Crippen LogP contribution in [0.3, 0.4) is 0 Å². The van der Waals surface area contributed by atoms with Gasteiger partial charge in [0.2, 0.25) is 0 Å². The van der Waals surface area contributed by atoms with Crippen LogP contribution in [0, 0.1) is 5.92 Å². The summed E-state index contributed by atoms with van der Waals surface area (Å²) in [5.41, 5.74) is 0.267. The molecular weight excluding hydrogens is 260 g/mol. The molecule has 0 bridgehead atoms. The third-order valence-electron chi connectivity index (χ3n) is 4.75. The maximum Gasteiger partial charge on any atom is 0.0600 e. The van der Waals surface area contributed by atoms with Gasteiger partial charge in [-0.2, -0.15) is 0 Å². The number of nitrogens with zero attached hydrogens (tertiary/aromatic N) is 1.